The number of hydrogen-bond donors (Lipinski definition) is 1. The molecule has 2 N–H and O–H groups in total. The molecule has 6 nitrogen and oxygen atoms in total. The smallest absolute Gasteiger partial charge is 0.277 e. The Morgan fingerprint density at radius 1 is 1.47 bits per heavy atom. The van der Waals surface area contributed by atoms with Crippen LogP contribution in [0.1, 0.15) is 24.2 Å². The van der Waals surface area contributed by atoms with E-state index >= 15 is 0 Å². The zero-order chi connectivity index (χ0) is 12.3. The van der Waals surface area contributed by atoms with Gasteiger partial charge >= 0.3 is 0 Å². The molecule has 0 saturated carbocycles. The maximum Gasteiger partial charge on any atom is 0.277 e. The molecule has 2 aromatic heterocycles. The van der Waals surface area contributed by atoms with Gasteiger partial charge in [-0.25, -0.2) is 0 Å². The molecule has 0 aliphatic heterocycles. The Morgan fingerprint density at radius 2 is 2.29 bits per heavy atom. The fraction of sp³-hybridized carbons (Fsp3) is 0.500. The number of hydrogen-bond acceptors (Lipinski definition) is 6. The first kappa shape index (κ1) is 12.1. The molecular weight excluding hydrogens is 238 g/mol. The summed E-state index contributed by atoms with van der Waals surface area (Å²) in [6, 6.07) is 2.07. The van der Waals surface area contributed by atoms with Gasteiger partial charge in [-0.15, -0.1) is 10.2 Å². The van der Waals surface area contributed by atoms with E-state index in [0.717, 1.165) is 23.7 Å². The van der Waals surface area contributed by atoms with Gasteiger partial charge < -0.3 is 10.2 Å². The third-order valence-corrected chi connectivity index (χ3v) is 3.10. The van der Waals surface area contributed by atoms with Gasteiger partial charge in [-0.3, -0.25) is 4.68 Å². The number of aryl methyl sites for hydroxylation is 2. The van der Waals surface area contributed by atoms with E-state index in [1.807, 2.05) is 11.6 Å². The van der Waals surface area contributed by atoms with Gasteiger partial charge in [0.05, 0.1) is 12.2 Å². The Bertz CT molecular complexity index is 493. The van der Waals surface area contributed by atoms with Crippen molar-refractivity contribution in [2.75, 3.05) is 0 Å². The lowest BCUT2D eigenvalue weighted by Crippen LogP contribution is -2.01. The summed E-state index contributed by atoms with van der Waals surface area (Å²) in [7, 11) is 0. The normalized spacial score (nSPS) is 11.0. The van der Waals surface area contributed by atoms with E-state index in [9.17, 15) is 0 Å². The Labute approximate surface area is 104 Å². The van der Waals surface area contributed by atoms with Gasteiger partial charge in [0.2, 0.25) is 5.89 Å². The van der Waals surface area contributed by atoms with Gasteiger partial charge in [0.1, 0.15) is 0 Å². The number of rotatable bonds is 5. The van der Waals surface area contributed by atoms with E-state index in [1.165, 1.54) is 11.8 Å². The van der Waals surface area contributed by atoms with E-state index in [-0.39, 0.29) is 6.54 Å². The Balaban J connectivity index is 2.01. The Hall–Kier alpha value is -1.34. The molecule has 2 heterocycles. The predicted octanol–water partition coefficient (Wildman–Crippen LogP) is 1.35. The lowest BCUT2D eigenvalue weighted by Gasteiger charge is -2.01. The molecule has 0 bridgehead atoms. The van der Waals surface area contributed by atoms with Crippen molar-refractivity contribution in [2.45, 2.75) is 37.9 Å². The van der Waals surface area contributed by atoms with Crippen molar-refractivity contribution in [3.63, 3.8) is 0 Å². The van der Waals surface area contributed by atoms with E-state index in [1.54, 1.807) is 0 Å². The SMILES string of the molecule is CCn1nc(C)cc1CSc1nnc(CN)o1. The molecule has 17 heavy (non-hydrogen) atoms. The molecular formula is C10H15N5OS. The molecule has 0 aliphatic carbocycles. The standard InChI is InChI=1S/C10H15N5OS/c1-3-15-8(4-7(2)14-15)6-17-10-13-12-9(5-11)16-10/h4H,3,5-6,11H2,1-2H3. The van der Waals surface area contributed by atoms with Crippen LogP contribution in [0, 0.1) is 6.92 Å². The summed E-state index contributed by atoms with van der Waals surface area (Å²) in [4.78, 5) is 0. The van der Waals surface area contributed by atoms with E-state index in [0.29, 0.717) is 11.1 Å². The fourth-order valence-electron chi connectivity index (χ4n) is 1.50. The highest BCUT2D eigenvalue weighted by molar-refractivity contribution is 7.98. The monoisotopic (exact) mass is 253 g/mol. The van der Waals surface area contributed by atoms with Crippen molar-refractivity contribution in [3.8, 4) is 0 Å². The van der Waals surface area contributed by atoms with Crippen LogP contribution in [-0.2, 0) is 18.8 Å². The summed E-state index contributed by atoms with van der Waals surface area (Å²) in [5.74, 6) is 1.23. The number of thioether (sulfide) groups is 1. The highest BCUT2D eigenvalue weighted by atomic mass is 32.2. The van der Waals surface area contributed by atoms with E-state index in [2.05, 4.69) is 28.3 Å². The molecule has 2 rings (SSSR count). The van der Waals surface area contributed by atoms with Crippen LogP contribution in [0.25, 0.3) is 0 Å². The third-order valence-electron chi connectivity index (χ3n) is 2.25. The van der Waals surface area contributed by atoms with Gasteiger partial charge in [-0.2, -0.15) is 5.10 Å². The first-order chi connectivity index (χ1) is 8.22. The predicted molar refractivity (Wildman–Crippen MR) is 64.4 cm³/mol. The quantitative estimate of drug-likeness (QED) is 0.810. The molecule has 0 aliphatic rings. The zero-order valence-corrected chi connectivity index (χ0v) is 10.7. The van der Waals surface area contributed by atoms with Crippen LogP contribution in [0.3, 0.4) is 0 Å². The molecule has 0 amide bonds. The summed E-state index contributed by atoms with van der Waals surface area (Å²) in [5, 5.41) is 12.6. The number of nitrogens with two attached hydrogens (primary N) is 1. The Morgan fingerprint density at radius 3 is 2.94 bits per heavy atom. The van der Waals surface area contributed by atoms with Crippen molar-refractivity contribution >= 4 is 11.8 Å². The van der Waals surface area contributed by atoms with Crippen molar-refractivity contribution in [3.05, 3.63) is 23.3 Å². The van der Waals surface area contributed by atoms with Crippen LogP contribution in [0.2, 0.25) is 0 Å². The molecule has 0 unspecified atom stereocenters. The van der Waals surface area contributed by atoms with Gasteiger partial charge in [0.15, 0.2) is 0 Å². The third kappa shape index (κ3) is 2.86. The van der Waals surface area contributed by atoms with Gasteiger partial charge in [-0.1, -0.05) is 11.8 Å². The molecule has 0 saturated heterocycles. The highest BCUT2D eigenvalue weighted by Crippen LogP contribution is 2.21. The van der Waals surface area contributed by atoms with Crippen LogP contribution in [0.15, 0.2) is 15.7 Å². The van der Waals surface area contributed by atoms with Crippen LogP contribution in [-0.4, -0.2) is 20.0 Å². The second-order valence-electron chi connectivity index (χ2n) is 3.55. The lowest BCUT2D eigenvalue weighted by atomic mass is 10.4. The van der Waals surface area contributed by atoms with Crippen molar-refractivity contribution in [2.24, 2.45) is 5.73 Å². The lowest BCUT2D eigenvalue weighted by molar-refractivity contribution is 0.414. The molecule has 7 heteroatoms. The van der Waals surface area contributed by atoms with Crippen molar-refractivity contribution in [1.82, 2.24) is 20.0 Å². The van der Waals surface area contributed by atoms with Crippen LogP contribution in [0.4, 0.5) is 0 Å². The second-order valence-corrected chi connectivity index (χ2v) is 4.47. The van der Waals surface area contributed by atoms with Crippen LogP contribution in [0.5, 0.6) is 0 Å². The van der Waals surface area contributed by atoms with Crippen molar-refractivity contribution < 1.29 is 4.42 Å². The van der Waals surface area contributed by atoms with Gasteiger partial charge in [0.25, 0.3) is 5.22 Å². The summed E-state index contributed by atoms with van der Waals surface area (Å²) in [6.07, 6.45) is 0. The van der Waals surface area contributed by atoms with Gasteiger partial charge in [0, 0.05) is 18.0 Å². The molecule has 92 valence electrons. The zero-order valence-electron chi connectivity index (χ0n) is 9.88. The first-order valence-corrected chi connectivity index (χ1v) is 6.40. The van der Waals surface area contributed by atoms with Crippen LogP contribution >= 0.6 is 11.8 Å². The molecule has 0 radical (unpaired) electrons. The molecule has 2 aromatic rings. The summed E-state index contributed by atoms with van der Waals surface area (Å²) >= 11 is 1.50. The average Bonchev–Trinajstić information content (AvgIpc) is 2.92. The minimum absolute atomic E-state index is 0.277. The molecule has 0 atom stereocenters. The molecule has 0 aromatic carbocycles. The molecule has 0 spiro atoms. The maximum absolute atomic E-state index is 5.40. The summed E-state index contributed by atoms with van der Waals surface area (Å²) < 4.78 is 7.30. The summed E-state index contributed by atoms with van der Waals surface area (Å²) in [6.45, 7) is 5.20. The highest BCUT2D eigenvalue weighted by Gasteiger charge is 2.09. The minimum Gasteiger partial charge on any atom is -0.415 e. The average molecular weight is 253 g/mol. The minimum atomic E-state index is 0.277. The maximum atomic E-state index is 5.40. The van der Waals surface area contributed by atoms with Crippen LogP contribution < -0.4 is 5.73 Å². The van der Waals surface area contributed by atoms with E-state index in [4.69, 9.17) is 10.2 Å². The topological polar surface area (TPSA) is 82.8 Å². The number of aromatic nitrogens is 4. The van der Waals surface area contributed by atoms with Crippen molar-refractivity contribution in [1.29, 1.82) is 0 Å². The Kier molecular flexibility index (Phi) is 3.80. The first-order valence-electron chi connectivity index (χ1n) is 5.41. The summed E-state index contributed by atoms with van der Waals surface area (Å²) in [5.41, 5.74) is 7.58. The van der Waals surface area contributed by atoms with Gasteiger partial charge in [-0.05, 0) is 19.9 Å². The fourth-order valence-corrected chi connectivity index (χ4v) is 2.26. The van der Waals surface area contributed by atoms with E-state index < -0.39 is 0 Å². The largest absolute Gasteiger partial charge is 0.415 e. The second kappa shape index (κ2) is 5.33. The number of nitrogens with zero attached hydrogens (tertiary/aromatic N) is 4. The molecule has 0 fully saturated rings.